The van der Waals surface area contributed by atoms with E-state index in [0.29, 0.717) is 0 Å². The predicted molar refractivity (Wildman–Crippen MR) is 84.4 cm³/mol. The van der Waals surface area contributed by atoms with Crippen molar-refractivity contribution in [3.63, 3.8) is 0 Å². The number of nitrogens with zero attached hydrogens (tertiary/aromatic N) is 1. The van der Waals surface area contributed by atoms with Crippen LogP contribution in [0, 0.1) is 0 Å². The minimum atomic E-state index is 1.17. The number of para-hydroxylation sites is 1. The highest BCUT2D eigenvalue weighted by Gasteiger charge is 2.08. The smallest absolute Gasteiger partial charge is 0.0534 e. The summed E-state index contributed by atoms with van der Waals surface area (Å²) >= 11 is 0. The number of rotatable bonds is 4. The molecule has 1 heteroatoms. The molecule has 2 aromatic carbocycles. The highest BCUT2D eigenvalue weighted by Crippen LogP contribution is 2.30. The van der Waals surface area contributed by atoms with Crippen molar-refractivity contribution in [3.8, 4) is 0 Å². The lowest BCUT2D eigenvalue weighted by atomic mass is 10.0. The monoisotopic (exact) mass is 249 g/mol. The van der Waals surface area contributed by atoms with Crippen LogP contribution >= 0.6 is 0 Å². The van der Waals surface area contributed by atoms with Crippen molar-refractivity contribution in [2.75, 3.05) is 0 Å². The van der Waals surface area contributed by atoms with Gasteiger partial charge in [-0.15, -0.1) is 0 Å². The van der Waals surface area contributed by atoms with E-state index >= 15 is 0 Å². The molecule has 3 rings (SSSR count). The first-order chi connectivity index (χ1) is 9.35. The van der Waals surface area contributed by atoms with E-state index in [1.165, 1.54) is 46.6 Å². The summed E-state index contributed by atoms with van der Waals surface area (Å²) in [5.41, 5.74) is 3.91. The van der Waals surface area contributed by atoms with E-state index in [2.05, 4.69) is 60.5 Å². The van der Waals surface area contributed by atoms with Gasteiger partial charge in [0.2, 0.25) is 0 Å². The maximum Gasteiger partial charge on any atom is 0.0534 e. The van der Waals surface area contributed by atoms with E-state index in [4.69, 9.17) is 0 Å². The van der Waals surface area contributed by atoms with Crippen molar-refractivity contribution in [2.24, 2.45) is 0 Å². The average molecular weight is 249 g/mol. The zero-order valence-electron chi connectivity index (χ0n) is 11.4. The summed E-state index contributed by atoms with van der Waals surface area (Å²) in [7, 11) is 0. The number of aromatic nitrogens is 1. The van der Waals surface area contributed by atoms with Crippen LogP contribution in [0.5, 0.6) is 0 Å². The molecule has 0 aliphatic heterocycles. The van der Waals surface area contributed by atoms with Crippen LogP contribution in [0.4, 0.5) is 0 Å². The lowest BCUT2D eigenvalue weighted by Gasteiger charge is -2.02. The lowest BCUT2D eigenvalue weighted by Crippen LogP contribution is -1.86. The molecule has 0 aliphatic rings. The minimum absolute atomic E-state index is 1.17. The van der Waals surface area contributed by atoms with Crippen molar-refractivity contribution in [2.45, 2.75) is 26.2 Å². The molecule has 3 aromatic rings. The molecule has 0 spiro atoms. The molecule has 0 amide bonds. The second-order valence-corrected chi connectivity index (χ2v) is 5.02. The molecule has 1 heterocycles. The summed E-state index contributed by atoms with van der Waals surface area (Å²) in [6, 6.07) is 15.4. The van der Waals surface area contributed by atoms with Crippen LogP contribution in [0.25, 0.3) is 28.0 Å². The Labute approximate surface area is 114 Å². The molecule has 0 aliphatic carbocycles. The quantitative estimate of drug-likeness (QED) is 0.596. The second kappa shape index (κ2) is 4.93. The first-order valence-corrected chi connectivity index (χ1v) is 6.99. The predicted octanol–water partition coefficient (Wildman–Crippen LogP) is 5.24. The van der Waals surface area contributed by atoms with Gasteiger partial charge in [0.15, 0.2) is 0 Å². The molecule has 19 heavy (non-hydrogen) atoms. The van der Waals surface area contributed by atoms with Gasteiger partial charge in [-0.1, -0.05) is 44.2 Å². The molecule has 1 aromatic heterocycles. The molecule has 0 bridgehead atoms. The van der Waals surface area contributed by atoms with E-state index in [-0.39, 0.29) is 0 Å². The third kappa shape index (κ3) is 1.95. The van der Waals surface area contributed by atoms with Crippen LogP contribution in [-0.2, 0) is 6.42 Å². The van der Waals surface area contributed by atoms with Crippen LogP contribution in [0.15, 0.2) is 49.0 Å². The van der Waals surface area contributed by atoms with Gasteiger partial charge in [0.05, 0.1) is 11.0 Å². The Morgan fingerprint density at radius 3 is 2.63 bits per heavy atom. The molecular formula is C18H19N. The SMILES string of the molecule is C=Cn1c2ccccc2c2cc(CCCC)ccc21. The molecule has 0 atom stereocenters. The Hall–Kier alpha value is -2.02. The van der Waals surface area contributed by atoms with Gasteiger partial charge < -0.3 is 4.57 Å². The number of hydrogen-bond donors (Lipinski definition) is 0. The number of aryl methyl sites for hydroxylation is 1. The summed E-state index contributed by atoms with van der Waals surface area (Å²) in [5.74, 6) is 0. The Bertz CT molecular complexity index is 734. The Morgan fingerprint density at radius 1 is 1.05 bits per heavy atom. The van der Waals surface area contributed by atoms with Gasteiger partial charge in [-0.2, -0.15) is 0 Å². The highest BCUT2D eigenvalue weighted by molar-refractivity contribution is 6.09. The van der Waals surface area contributed by atoms with Gasteiger partial charge in [-0.25, -0.2) is 0 Å². The topological polar surface area (TPSA) is 4.93 Å². The van der Waals surface area contributed by atoms with Crippen molar-refractivity contribution in [1.29, 1.82) is 0 Å². The summed E-state index contributed by atoms with van der Waals surface area (Å²) in [6.45, 7) is 6.18. The number of benzene rings is 2. The first kappa shape index (κ1) is 12.0. The maximum atomic E-state index is 3.94. The number of unbranched alkanes of at least 4 members (excludes halogenated alkanes) is 1. The van der Waals surface area contributed by atoms with Gasteiger partial charge in [0.1, 0.15) is 0 Å². The number of hydrogen-bond acceptors (Lipinski definition) is 0. The van der Waals surface area contributed by atoms with Crippen molar-refractivity contribution < 1.29 is 0 Å². The maximum absolute atomic E-state index is 3.94. The Kier molecular flexibility index (Phi) is 3.12. The minimum Gasteiger partial charge on any atom is -0.317 e. The molecule has 1 nitrogen and oxygen atoms in total. The van der Waals surface area contributed by atoms with Gasteiger partial charge in [-0.3, -0.25) is 0 Å². The summed E-state index contributed by atoms with van der Waals surface area (Å²) in [4.78, 5) is 0. The van der Waals surface area contributed by atoms with Crippen LogP contribution < -0.4 is 0 Å². The van der Waals surface area contributed by atoms with Gasteiger partial charge in [0.25, 0.3) is 0 Å². The van der Waals surface area contributed by atoms with Crippen LogP contribution in [-0.4, -0.2) is 4.57 Å². The van der Waals surface area contributed by atoms with E-state index in [9.17, 15) is 0 Å². The van der Waals surface area contributed by atoms with E-state index in [1.54, 1.807) is 0 Å². The summed E-state index contributed by atoms with van der Waals surface area (Å²) in [5, 5.41) is 2.65. The molecule has 96 valence electrons. The zero-order valence-corrected chi connectivity index (χ0v) is 11.4. The van der Waals surface area contributed by atoms with Gasteiger partial charge in [-0.05, 0) is 36.6 Å². The van der Waals surface area contributed by atoms with Crippen molar-refractivity contribution in [1.82, 2.24) is 4.57 Å². The Morgan fingerprint density at radius 2 is 1.84 bits per heavy atom. The molecule has 0 N–H and O–H groups in total. The fraction of sp³-hybridized carbons (Fsp3) is 0.222. The third-order valence-electron chi connectivity index (χ3n) is 3.78. The largest absolute Gasteiger partial charge is 0.317 e. The highest BCUT2D eigenvalue weighted by atomic mass is 14.9. The van der Waals surface area contributed by atoms with Crippen LogP contribution in [0.3, 0.4) is 0 Å². The third-order valence-corrected chi connectivity index (χ3v) is 3.78. The molecule has 0 fully saturated rings. The molecular weight excluding hydrogens is 230 g/mol. The van der Waals surface area contributed by atoms with Crippen molar-refractivity contribution in [3.05, 3.63) is 54.6 Å². The van der Waals surface area contributed by atoms with E-state index < -0.39 is 0 Å². The lowest BCUT2D eigenvalue weighted by molar-refractivity contribution is 0.796. The standard InChI is InChI=1S/C18H19N/c1-3-5-8-14-11-12-18-16(13-14)15-9-6-7-10-17(15)19(18)4-2/h4,6-7,9-13H,2-3,5,8H2,1H3. The molecule has 0 saturated carbocycles. The molecule has 0 saturated heterocycles. The number of fused-ring (bicyclic) bond motifs is 3. The van der Waals surface area contributed by atoms with E-state index in [0.717, 1.165) is 0 Å². The first-order valence-electron chi connectivity index (χ1n) is 6.99. The van der Waals surface area contributed by atoms with Gasteiger partial charge >= 0.3 is 0 Å². The molecule has 0 radical (unpaired) electrons. The molecule has 0 unspecified atom stereocenters. The fourth-order valence-corrected chi connectivity index (χ4v) is 2.78. The van der Waals surface area contributed by atoms with Crippen LogP contribution in [0.1, 0.15) is 25.3 Å². The summed E-state index contributed by atoms with van der Waals surface area (Å²) in [6.07, 6.45) is 5.56. The fourth-order valence-electron chi connectivity index (χ4n) is 2.78. The second-order valence-electron chi connectivity index (χ2n) is 5.02. The summed E-state index contributed by atoms with van der Waals surface area (Å²) < 4.78 is 2.17. The van der Waals surface area contributed by atoms with Crippen LogP contribution in [0.2, 0.25) is 0 Å². The Balaban J connectivity index is 2.27. The zero-order chi connectivity index (χ0) is 13.2. The van der Waals surface area contributed by atoms with Crippen molar-refractivity contribution >= 4 is 28.0 Å². The normalized spacial score (nSPS) is 11.2. The van der Waals surface area contributed by atoms with Gasteiger partial charge in [0, 0.05) is 17.0 Å². The van der Waals surface area contributed by atoms with E-state index in [1.807, 2.05) is 6.20 Å². The average Bonchev–Trinajstić information content (AvgIpc) is 2.78.